The Morgan fingerprint density at radius 3 is 3.00 bits per heavy atom. The molecular weight excluding hydrogens is 148 g/mol. The van der Waals surface area contributed by atoms with Gasteiger partial charge in [0.25, 0.3) is 0 Å². The lowest BCUT2D eigenvalue weighted by Crippen LogP contribution is -1.96. The molecule has 0 aromatic heterocycles. The van der Waals surface area contributed by atoms with Gasteiger partial charge in [-0.2, -0.15) is 4.79 Å². The fourth-order valence-electron chi connectivity index (χ4n) is 1.41. The Morgan fingerprint density at radius 2 is 2.17 bits per heavy atom. The summed E-state index contributed by atoms with van der Waals surface area (Å²) >= 11 is 0. The van der Waals surface area contributed by atoms with E-state index in [1.54, 1.807) is 0 Å². The van der Waals surface area contributed by atoms with Crippen molar-refractivity contribution in [1.82, 2.24) is 0 Å². The van der Waals surface area contributed by atoms with Gasteiger partial charge < -0.3 is 5.53 Å². The third kappa shape index (κ3) is 0.987. The van der Waals surface area contributed by atoms with Crippen molar-refractivity contribution in [3.05, 3.63) is 53.1 Å². The highest BCUT2D eigenvalue weighted by molar-refractivity contribution is 6.05. The van der Waals surface area contributed by atoms with E-state index in [9.17, 15) is 0 Å². The second-order valence-electron chi connectivity index (χ2n) is 2.73. The molecule has 58 valence electrons. The van der Waals surface area contributed by atoms with Gasteiger partial charge in [0.2, 0.25) is 0 Å². The van der Waals surface area contributed by atoms with E-state index in [0.29, 0.717) is 0 Å². The first-order valence-electron chi connectivity index (χ1n) is 3.88. The summed E-state index contributed by atoms with van der Waals surface area (Å²) in [5.74, 6) is 0. The number of allylic oxidation sites excluding steroid dienone is 8. The second kappa shape index (κ2) is 2.76. The zero-order valence-corrected chi connectivity index (χ0v) is 6.57. The molecule has 0 spiro atoms. The van der Waals surface area contributed by atoms with Gasteiger partial charge in [0.15, 0.2) is 0 Å². The molecule has 0 radical (unpaired) electrons. The van der Waals surface area contributed by atoms with Crippen LogP contribution >= 0.6 is 0 Å². The molecule has 0 bridgehead atoms. The third-order valence-electron chi connectivity index (χ3n) is 2.02. The van der Waals surface area contributed by atoms with Crippen molar-refractivity contribution in [3.8, 4) is 0 Å². The van der Waals surface area contributed by atoms with Crippen LogP contribution in [0.3, 0.4) is 0 Å². The molecule has 0 unspecified atom stereocenters. The SMILES string of the molecule is [N-]=[N+]=C1CC=C2C=CC=CC=C21. The Balaban J connectivity index is 2.53. The molecule has 2 nitrogen and oxygen atoms in total. The highest BCUT2D eigenvalue weighted by Crippen LogP contribution is 2.24. The maximum Gasteiger partial charge on any atom is 0.303 e. The molecule has 2 aliphatic rings. The quantitative estimate of drug-likeness (QED) is 0.380. The second-order valence-corrected chi connectivity index (χ2v) is 2.73. The van der Waals surface area contributed by atoms with Gasteiger partial charge in [0.1, 0.15) is 0 Å². The highest BCUT2D eigenvalue weighted by Gasteiger charge is 2.23. The fraction of sp³-hybridized carbons (Fsp3) is 0.100. The summed E-state index contributed by atoms with van der Waals surface area (Å²) in [7, 11) is 0. The van der Waals surface area contributed by atoms with E-state index < -0.39 is 0 Å². The summed E-state index contributed by atoms with van der Waals surface area (Å²) in [5.41, 5.74) is 11.6. The summed E-state index contributed by atoms with van der Waals surface area (Å²) in [6, 6.07) is 0. The first-order chi connectivity index (χ1) is 5.92. The standard InChI is InChI=1S/C10H8N2/c11-12-10-7-6-8-4-2-1-3-5-9(8)10/h1-6H,7H2. The maximum absolute atomic E-state index is 8.66. The largest absolute Gasteiger partial charge is 0.361 e. The van der Waals surface area contributed by atoms with Crippen LogP contribution in [-0.4, -0.2) is 10.5 Å². The molecule has 12 heavy (non-hydrogen) atoms. The zero-order valence-electron chi connectivity index (χ0n) is 6.57. The fourth-order valence-corrected chi connectivity index (χ4v) is 1.41. The van der Waals surface area contributed by atoms with Crippen LogP contribution in [0.5, 0.6) is 0 Å². The number of hydrogen-bond donors (Lipinski definition) is 0. The van der Waals surface area contributed by atoms with Crippen molar-refractivity contribution in [3.63, 3.8) is 0 Å². The van der Waals surface area contributed by atoms with Crippen molar-refractivity contribution in [1.29, 1.82) is 0 Å². The van der Waals surface area contributed by atoms with Gasteiger partial charge in [-0.15, -0.1) is 0 Å². The average molecular weight is 156 g/mol. The normalized spacial score (nSPS) is 19.5. The van der Waals surface area contributed by atoms with Gasteiger partial charge in [0.05, 0.1) is 12.0 Å². The average Bonchev–Trinajstić information content (AvgIpc) is 2.33. The Morgan fingerprint density at radius 1 is 1.25 bits per heavy atom. The lowest BCUT2D eigenvalue weighted by atomic mass is 10.1. The molecule has 0 heterocycles. The van der Waals surface area contributed by atoms with Gasteiger partial charge in [-0.25, -0.2) is 0 Å². The maximum atomic E-state index is 8.66. The first kappa shape index (κ1) is 7.01. The molecular formula is C10H8N2. The third-order valence-corrected chi connectivity index (χ3v) is 2.02. The van der Waals surface area contributed by atoms with Crippen LogP contribution in [-0.2, 0) is 0 Å². The van der Waals surface area contributed by atoms with Crippen molar-refractivity contribution in [2.24, 2.45) is 0 Å². The molecule has 0 amide bonds. The minimum atomic E-state index is 0.732. The summed E-state index contributed by atoms with van der Waals surface area (Å²) in [4.78, 5) is 3.24. The summed E-state index contributed by atoms with van der Waals surface area (Å²) in [5, 5.41) is 0. The lowest BCUT2D eigenvalue weighted by molar-refractivity contribution is -0.00562. The van der Waals surface area contributed by atoms with Crippen molar-refractivity contribution < 1.29 is 4.79 Å². The highest BCUT2D eigenvalue weighted by atomic mass is 14.9. The Bertz CT molecular complexity index is 375. The van der Waals surface area contributed by atoms with E-state index in [4.69, 9.17) is 5.53 Å². The van der Waals surface area contributed by atoms with E-state index in [2.05, 4.69) is 10.9 Å². The molecule has 0 saturated heterocycles. The number of hydrogen-bond acceptors (Lipinski definition) is 0. The molecule has 0 saturated carbocycles. The zero-order chi connectivity index (χ0) is 8.39. The van der Waals surface area contributed by atoms with Crippen LogP contribution in [0.2, 0.25) is 0 Å². The number of fused-ring (bicyclic) bond motifs is 1. The minimum absolute atomic E-state index is 0.732. The predicted molar refractivity (Wildman–Crippen MR) is 47.7 cm³/mol. The monoisotopic (exact) mass is 156 g/mol. The number of nitrogens with zero attached hydrogens (tertiary/aromatic N) is 2. The molecule has 0 aromatic carbocycles. The van der Waals surface area contributed by atoms with Crippen molar-refractivity contribution in [2.45, 2.75) is 6.42 Å². The van der Waals surface area contributed by atoms with Crippen LogP contribution in [0.25, 0.3) is 5.53 Å². The van der Waals surface area contributed by atoms with Gasteiger partial charge in [-0.3, -0.25) is 0 Å². The molecule has 0 aliphatic heterocycles. The molecule has 2 rings (SSSR count). The van der Waals surface area contributed by atoms with Gasteiger partial charge in [-0.1, -0.05) is 30.4 Å². The van der Waals surface area contributed by atoms with E-state index in [0.717, 1.165) is 23.3 Å². The van der Waals surface area contributed by atoms with Crippen LogP contribution < -0.4 is 0 Å². The van der Waals surface area contributed by atoms with Crippen LogP contribution in [0.4, 0.5) is 0 Å². The Labute approximate surface area is 70.8 Å². The van der Waals surface area contributed by atoms with Crippen LogP contribution in [0.15, 0.2) is 47.6 Å². The van der Waals surface area contributed by atoms with E-state index in [-0.39, 0.29) is 0 Å². The van der Waals surface area contributed by atoms with Gasteiger partial charge in [-0.05, 0) is 11.6 Å². The molecule has 0 fully saturated rings. The first-order valence-corrected chi connectivity index (χ1v) is 3.88. The molecule has 2 aliphatic carbocycles. The molecule has 0 atom stereocenters. The van der Waals surface area contributed by atoms with E-state index in [1.165, 1.54) is 0 Å². The predicted octanol–water partition coefficient (Wildman–Crippen LogP) is 2.04. The van der Waals surface area contributed by atoms with Crippen molar-refractivity contribution >= 4 is 5.71 Å². The van der Waals surface area contributed by atoms with E-state index in [1.807, 2.05) is 30.4 Å². The summed E-state index contributed by atoms with van der Waals surface area (Å²) in [6.45, 7) is 0. The minimum Gasteiger partial charge on any atom is -0.361 e. The Hall–Kier alpha value is -1.66. The Kier molecular flexibility index (Phi) is 1.61. The summed E-state index contributed by atoms with van der Waals surface area (Å²) in [6.07, 6.45) is 12.7. The van der Waals surface area contributed by atoms with Crippen LogP contribution in [0, 0.1) is 0 Å². The van der Waals surface area contributed by atoms with Crippen LogP contribution in [0.1, 0.15) is 6.42 Å². The summed E-state index contributed by atoms with van der Waals surface area (Å²) < 4.78 is 0. The van der Waals surface area contributed by atoms with Crippen molar-refractivity contribution in [2.75, 3.05) is 0 Å². The molecule has 2 heteroatoms. The smallest absolute Gasteiger partial charge is 0.303 e. The van der Waals surface area contributed by atoms with E-state index >= 15 is 0 Å². The molecule has 0 N–H and O–H groups in total. The lowest BCUT2D eigenvalue weighted by Gasteiger charge is -1.90. The topological polar surface area (TPSA) is 36.4 Å². The van der Waals surface area contributed by atoms with Gasteiger partial charge in [0, 0.05) is 0 Å². The molecule has 0 aromatic rings. The van der Waals surface area contributed by atoms with Gasteiger partial charge >= 0.3 is 5.71 Å². The number of rotatable bonds is 0.